The van der Waals surface area contributed by atoms with Crippen LogP contribution in [0.2, 0.25) is 0 Å². The first-order chi connectivity index (χ1) is 9.09. The Morgan fingerprint density at radius 3 is 2.10 bits per heavy atom. The molecule has 0 bridgehead atoms. The predicted octanol–water partition coefficient (Wildman–Crippen LogP) is -0.673. The zero-order valence-electron chi connectivity index (χ0n) is 10.1. The lowest BCUT2D eigenvalue weighted by Crippen LogP contribution is -2.32. The van der Waals surface area contributed by atoms with Crippen LogP contribution in [0.15, 0.2) is 29.2 Å². The fraction of sp³-hybridized carbons (Fsp3) is 0.300. The Bertz CT molecular complexity index is 738. The molecular formula is C10H12N2O6S2. The SMILES string of the molecule is NS(=O)(=O)C1CC(=O)N(c2ccc(S(=O)(=O)O)cc2)C1. The third-order valence-corrected chi connectivity index (χ3v) is 5.11. The van der Waals surface area contributed by atoms with Gasteiger partial charge in [-0.2, -0.15) is 8.42 Å². The monoisotopic (exact) mass is 320 g/mol. The van der Waals surface area contributed by atoms with Crippen LogP contribution in [-0.2, 0) is 24.9 Å². The molecule has 1 aliphatic heterocycles. The molecule has 1 atom stereocenters. The van der Waals surface area contributed by atoms with Crippen LogP contribution in [0.1, 0.15) is 6.42 Å². The van der Waals surface area contributed by atoms with Gasteiger partial charge >= 0.3 is 0 Å². The van der Waals surface area contributed by atoms with Gasteiger partial charge in [0.2, 0.25) is 15.9 Å². The Labute approximate surface area is 116 Å². The van der Waals surface area contributed by atoms with Crippen molar-refractivity contribution in [2.24, 2.45) is 5.14 Å². The highest BCUT2D eigenvalue weighted by Crippen LogP contribution is 2.25. The second kappa shape index (κ2) is 4.81. The maximum atomic E-state index is 11.8. The van der Waals surface area contributed by atoms with Gasteiger partial charge in [0.1, 0.15) is 5.25 Å². The van der Waals surface area contributed by atoms with Gasteiger partial charge in [0.15, 0.2) is 0 Å². The van der Waals surface area contributed by atoms with E-state index < -0.39 is 31.3 Å². The summed E-state index contributed by atoms with van der Waals surface area (Å²) in [5.41, 5.74) is 0.341. The molecule has 0 radical (unpaired) electrons. The van der Waals surface area contributed by atoms with E-state index in [1.54, 1.807) is 0 Å². The molecule has 10 heteroatoms. The Morgan fingerprint density at radius 2 is 1.70 bits per heavy atom. The summed E-state index contributed by atoms with van der Waals surface area (Å²) < 4.78 is 53.1. The molecule has 8 nitrogen and oxygen atoms in total. The zero-order valence-corrected chi connectivity index (χ0v) is 11.8. The van der Waals surface area contributed by atoms with E-state index in [2.05, 4.69) is 0 Å². The minimum absolute atomic E-state index is 0.0805. The van der Waals surface area contributed by atoms with Gasteiger partial charge in [-0.3, -0.25) is 9.35 Å². The van der Waals surface area contributed by atoms with Gasteiger partial charge in [-0.05, 0) is 24.3 Å². The summed E-state index contributed by atoms with van der Waals surface area (Å²) in [5, 5.41) is 4.03. The summed E-state index contributed by atoms with van der Waals surface area (Å²) in [4.78, 5) is 12.7. The number of hydrogen-bond donors (Lipinski definition) is 2. The molecule has 20 heavy (non-hydrogen) atoms. The molecule has 1 heterocycles. The van der Waals surface area contributed by atoms with E-state index in [0.29, 0.717) is 5.69 Å². The first kappa shape index (κ1) is 14.9. The van der Waals surface area contributed by atoms with Gasteiger partial charge in [0.25, 0.3) is 10.1 Å². The van der Waals surface area contributed by atoms with Crippen LogP contribution in [-0.4, -0.2) is 39.1 Å². The van der Waals surface area contributed by atoms with Crippen LogP contribution in [0.4, 0.5) is 5.69 Å². The summed E-state index contributed by atoms with van der Waals surface area (Å²) in [7, 11) is -8.12. The smallest absolute Gasteiger partial charge is 0.294 e. The van der Waals surface area contributed by atoms with E-state index >= 15 is 0 Å². The molecule has 0 aromatic heterocycles. The fourth-order valence-corrected chi connectivity index (χ4v) is 3.15. The minimum atomic E-state index is -4.31. The van der Waals surface area contributed by atoms with Crippen molar-refractivity contribution in [3.05, 3.63) is 24.3 Å². The van der Waals surface area contributed by atoms with E-state index in [1.807, 2.05) is 0 Å². The van der Waals surface area contributed by atoms with E-state index in [-0.39, 0.29) is 17.9 Å². The van der Waals surface area contributed by atoms with Gasteiger partial charge in [0, 0.05) is 18.7 Å². The molecule has 1 aliphatic rings. The van der Waals surface area contributed by atoms with Crippen LogP contribution >= 0.6 is 0 Å². The highest BCUT2D eigenvalue weighted by molar-refractivity contribution is 7.89. The molecule has 0 spiro atoms. The molecule has 1 unspecified atom stereocenters. The highest BCUT2D eigenvalue weighted by Gasteiger charge is 2.37. The molecule has 1 saturated heterocycles. The molecule has 1 aromatic carbocycles. The molecule has 0 aliphatic carbocycles. The average Bonchev–Trinajstić information content (AvgIpc) is 2.70. The van der Waals surface area contributed by atoms with Gasteiger partial charge < -0.3 is 4.90 Å². The van der Waals surface area contributed by atoms with E-state index in [1.165, 1.54) is 17.0 Å². The van der Waals surface area contributed by atoms with Crippen LogP contribution in [0.25, 0.3) is 0 Å². The van der Waals surface area contributed by atoms with E-state index in [9.17, 15) is 21.6 Å². The van der Waals surface area contributed by atoms with Crippen LogP contribution in [0, 0.1) is 0 Å². The Balaban J connectivity index is 2.27. The quantitative estimate of drug-likeness (QED) is 0.709. The number of amides is 1. The number of carbonyl (C=O) groups is 1. The number of hydrogen-bond acceptors (Lipinski definition) is 5. The zero-order chi connectivity index (χ0) is 15.1. The van der Waals surface area contributed by atoms with Crippen molar-refractivity contribution >= 4 is 31.7 Å². The van der Waals surface area contributed by atoms with E-state index in [4.69, 9.17) is 9.69 Å². The number of rotatable bonds is 3. The Kier molecular flexibility index (Phi) is 3.58. The lowest BCUT2D eigenvalue weighted by Gasteiger charge is -2.16. The van der Waals surface area contributed by atoms with Crippen molar-refractivity contribution in [1.29, 1.82) is 0 Å². The van der Waals surface area contributed by atoms with Crippen LogP contribution in [0.3, 0.4) is 0 Å². The van der Waals surface area contributed by atoms with Crippen LogP contribution < -0.4 is 10.0 Å². The van der Waals surface area contributed by atoms with Crippen molar-refractivity contribution in [3.63, 3.8) is 0 Å². The number of sulfonamides is 1. The standard InChI is InChI=1S/C10H12N2O6S2/c11-19(14,15)9-5-10(13)12(6-9)7-1-3-8(4-2-7)20(16,17)18/h1-4,9H,5-6H2,(H2,11,14,15)(H,16,17,18). The second-order valence-electron chi connectivity index (χ2n) is 4.39. The number of primary sulfonamides is 1. The Morgan fingerprint density at radius 1 is 1.15 bits per heavy atom. The summed E-state index contributed by atoms with van der Waals surface area (Å²) in [6.45, 7) is -0.0805. The molecule has 1 aromatic rings. The second-order valence-corrected chi connectivity index (χ2v) is 7.65. The van der Waals surface area contributed by atoms with Crippen molar-refractivity contribution < 1.29 is 26.2 Å². The number of nitrogens with zero attached hydrogens (tertiary/aromatic N) is 1. The molecule has 3 N–H and O–H groups in total. The largest absolute Gasteiger partial charge is 0.311 e. The molecule has 1 fully saturated rings. The van der Waals surface area contributed by atoms with Gasteiger partial charge in [-0.25, -0.2) is 13.6 Å². The summed E-state index contributed by atoms with van der Waals surface area (Å²) in [6.07, 6.45) is -0.209. The number of carbonyl (C=O) groups excluding carboxylic acids is 1. The summed E-state index contributed by atoms with van der Waals surface area (Å²) in [5.74, 6) is -0.413. The number of nitrogens with two attached hydrogens (primary N) is 1. The molecule has 1 amide bonds. The fourth-order valence-electron chi connectivity index (χ4n) is 1.94. The first-order valence-electron chi connectivity index (χ1n) is 5.48. The predicted molar refractivity (Wildman–Crippen MR) is 70.1 cm³/mol. The third kappa shape index (κ3) is 2.98. The van der Waals surface area contributed by atoms with Crippen molar-refractivity contribution in [1.82, 2.24) is 0 Å². The highest BCUT2D eigenvalue weighted by atomic mass is 32.2. The van der Waals surface area contributed by atoms with Gasteiger partial charge in [-0.1, -0.05) is 0 Å². The molecule has 0 saturated carbocycles. The maximum Gasteiger partial charge on any atom is 0.294 e. The maximum absolute atomic E-state index is 11.8. The molecular weight excluding hydrogens is 308 g/mol. The normalized spacial score (nSPS) is 20.4. The van der Waals surface area contributed by atoms with Crippen molar-refractivity contribution in [3.8, 4) is 0 Å². The van der Waals surface area contributed by atoms with E-state index in [0.717, 1.165) is 12.1 Å². The molecule has 2 rings (SSSR count). The third-order valence-electron chi connectivity index (χ3n) is 3.00. The van der Waals surface area contributed by atoms with Gasteiger partial charge in [-0.15, -0.1) is 0 Å². The number of benzene rings is 1. The lowest BCUT2D eigenvalue weighted by atomic mass is 10.3. The van der Waals surface area contributed by atoms with Crippen molar-refractivity contribution in [2.75, 3.05) is 11.4 Å². The lowest BCUT2D eigenvalue weighted by molar-refractivity contribution is -0.117. The van der Waals surface area contributed by atoms with Crippen molar-refractivity contribution in [2.45, 2.75) is 16.6 Å². The Hall–Kier alpha value is -1.49. The molecule has 110 valence electrons. The first-order valence-corrected chi connectivity index (χ1v) is 8.53. The topological polar surface area (TPSA) is 135 Å². The average molecular weight is 320 g/mol. The minimum Gasteiger partial charge on any atom is -0.311 e. The number of anilines is 1. The summed E-state index contributed by atoms with van der Waals surface area (Å²) >= 11 is 0. The summed E-state index contributed by atoms with van der Waals surface area (Å²) in [6, 6.07) is 4.88. The van der Waals surface area contributed by atoms with Gasteiger partial charge in [0.05, 0.1) is 4.90 Å². The van der Waals surface area contributed by atoms with Crippen LogP contribution in [0.5, 0.6) is 0 Å².